The van der Waals surface area contributed by atoms with Crippen molar-refractivity contribution in [1.29, 1.82) is 0 Å². The lowest BCUT2D eigenvalue weighted by molar-refractivity contribution is -0.122. The second-order valence-corrected chi connectivity index (χ2v) is 4.07. The van der Waals surface area contributed by atoms with Crippen LogP contribution < -0.4 is 16.6 Å². The van der Waals surface area contributed by atoms with Gasteiger partial charge < -0.3 is 10.4 Å². The first kappa shape index (κ1) is 11.4. The predicted octanol–water partition coefficient (Wildman–Crippen LogP) is -0.998. The van der Waals surface area contributed by atoms with E-state index < -0.39 is 11.2 Å². The fourth-order valence-corrected chi connectivity index (χ4v) is 1.91. The highest BCUT2D eigenvalue weighted by molar-refractivity contribution is 5.76. The molecule has 92 valence electrons. The van der Waals surface area contributed by atoms with Crippen molar-refractivity contribution in [3.8, 4) is 5.88 Å². The highest BCUT2D eigenvalue weighted by atomic mass is 16.3. The Balaban J connectivity index is 2.46. The molecule has 1 saturated heterocycles. The van der Waals surface area contributed by atoms with Crippen molar-refractivity contribution in [3.05, 3.63) is 26.4 Å². The number of hydrogen-bond donors (Lipinski definition) is 3. The van der Waals surface area contributed by atoms with Gasteiger partial charge in [0, 0.05) is 13.0 Å². The Labute approximate surface area is 96.1 Å². The minimum Gasteiger partial charge on any atom is -0.494 e. The molecule has 17 heavy (non-hydrogen) atoms. The lowest BCUT2D eigenvalue weighted by Crippen LogP contribution is -2.42. The van der Waals surface area contributed by atoms with E-state index in [9.17, 15) is 19.5 Å². The number of carbonyl (C=O) groups is 1. The van der Waals surface area contributed by atoms with Gasteiger partial charge in [-0.05, 0) is 13.3 Å². The first-order valence-corrected chi connectivity index (χ1v) is 5.31. The van der Waals surface area contributed by atoms with Gasteiger partial charge in [-0.1, -0.05) is 0 Å². The molecule has 7 nitrogen and oxygen atoms in total. The van der Waals surface area contributed by atoms with E-state index in [0.717, 1.165) is 4.57 Å². The van der Waals surface area contributed by atoms with Crippen LogP contribution in [0.1, 0.15) is 24.4 Å². The van der Waals surface area contributed by atoms with Crippen LogP contribution in [0.4, 0.5) is 0 Å². The van der Waals surface area contributed by atoms with Gasteiger partial charge in [0.05, 0.1) is 11.6 Å². The van der Waals surface area contributed by atoms with Crippen molar-refractivity contribution in [2.24, 2.45) is 0 Å². The molecular weight excluding hydrogens is 226 g/mol. The summed E-state index contributed by atoms with van der Waals surface area (Å²) in [7, 11) is 0. The summed E-state index contributed by atoms with van der Waals surface area (Å²) in [6.45, 7) is 1.71. The zero-order chi connectivity index (χ0) is 12.6. The monoisotopic (exact) mass is 239 g/mol. The summed E-state index contributed by atoms with van der Waals surface area (Å²) in [6, 6.07) is -0.323. The van der Waals surface area contributed by atoms with Crippen molar-refractivity contribution in [2.75, 3.05) is 6.54 Å². The molecule has 1 atom stereocenters. The van der Waals surface area contributed by atoms with Crippen molar-refractivity contribution in [3.63, 3.8) is 0 Å². The molecule has 1 aromatic rings. The van der Waals surface area contributed by atoms with Crippen LogP contribution >= 0.6 is 0 Å². The largest absolute Gasteiger partial charge is 0.494 e. The third-order valence-electron chi connectivity index (χ3n) is 2.95. The summed E-state index contributed by atoms with van der Waals surface area (Å²) >= 11 is 0. The van der Waals surface area contributed by atoms with Crippen LogP contribution in [0.25, 0.3) is 0 Å². The molecule has 7 heteroatoms. The van der Waals surface area contributed by atoms with E-state index in [2.05, 4.69) is 10.3 Å². The molecule has 1 unspecified atom stereocenters. The van der Waals surface area contributed by atoms with E-state index in [4.69, 9.17) is 0 Å². The number of aromatic hydroxyl groups is 1. The summed E-state index contributed by atoms with van der Waals surface area (Å²) in [5.74, 6) is -0.408. The highest BCUT2D eigenvalue weighted by Crippen LogP contribution is 2.20. The van der Waals surface area contributed by atoms with Gasteiger partial charge in [0.15, 0.2) is 0 Å². The van der Waals surface area contributed by atoms with Crippen LogP contribution in [0, 0.1) is 6.92 Å². The highest BCUT2D eigenvalue weighted by Gasteiger charge is 2.23. The number of rotatable bonds is 1. The molecule has 1 fully saturated rings. The molecular formula is C10H13N3O4. The molecule has 0 saturated carbocycles. The zero-order valence-electron chi connectivity index (χ0n) is 9.32. The smallest absolute Gasteiger partial charge is 0.331 e. The van der Waals surface area contributed by atoms with Crippen LogP contribution in [-0.2, 0) is 4.79 Å². The van der Waals surface area contributed by atoms with Crippen molar-refractivity contribution < 1.29 is 9.90 Å². The second-order valence-electron chi connectivity index (χ2n) is 4.07. The van der Waals surface area contributed by atoms with Gasteiger partial charge in [-0.3, -0.25) is 19.1 Å². The van der Waals surface area contributed by atoms with Crippen LogP contribution in [-0.4, -0.2) is 27.1 Å². The number of amides is 1. The Morgan fingerprint density at radius 3 is 2.65 bits per heavy atom. The van der Waals surface area contributed by atoms with Gasteiger partial charge in [0.2, 0.25) is 11.8 Å². The molecule has 2 heterocycles. The number of H-pyrrole nitrogens is 1. The molecule has 1 aromatic heterocycles. The number of carbonyl (C=O) groups excluding carboxylic acids is 1. The second kappa shape index (κ2) is 4.08. The lowest BCUT2D eigenvalue weighted by Gasteiger charge is -2.25. The molecule has 3 N–H and O–H groups in total. The molecule has 1 aliphatic rings. The summed E-state index contributed by atoms with van der Waals surface area (Å²) in [4.78, 5) is 36.0. The molecule has 1 amide bonds. The number of aromatic nitrogens is 2. The van der Waals surface area contributed by atoms with Gasteiger partial charge >= 0.3 is 5.69 Å². The maximum absolute atomic E-state index is 11.6. The van der Waals surface area contributed by atoms with Gasteiger partial charge in [-0.25, -0.2) is 4.79 Å². The average Bonchev–Trinajstić information content (AvgIpc) is 2.29. The van der Waals surface area contributed by atoms with Crippen molar-refractivity contribution in [2.45, 2.75) is 25.8 Å². The topological polar surface area (TPSA) is 104 Å². The standard InChI is InChI=1S/C10H13N3O4/c1-5-8(15)12-10(17)13(9(5)16)6-2-3-7(14)11-4-6/h6,16H,2-4H2,1H3,(H,11,14)(H,12,15,17). The van der Waals surface area contributed by atoms with E-state index >= 15 is 0 Å². The van der Waals surface area contributed by atoms with Crippen LogP contribution in [0.2, 0.25) is 0 Å². The number of nitrogens with one attached hydrogen (secondary N) is 2. The summed E-state index contributed by atoms with van der Waals surface area (Å²) in [6.07, 6.45) is 0.763. The summed E-state index contributed by atoms with van der Waals surface area (Å²) in [5.41, 5.74) is -1.15. The van der Waals surface area contributed by atoms with Gasteiger partial charge in [0.1, 0.15) is 0 Å². The maximum atomic E-state index is 11.6. The van der Waals surface area contributed by atoms with E-state index in [-0.39, 0.29) is 29.9 Å². The molecule has 0 bridgehead atoms. The molecule has 2 rings (SSSR count). The van der Waals surface area contributed by atoms with Crippen molar-refractivity contribution >= 4 is 5.91 Å². The third-order valence-corrected chi connectivity index (χ3v) is 2.95. The SMILES string of the molecule is Cc1c(O)n(C2CCC(=O)NC2)c(=O)[nH]c1=O. The van der Waals surface area contributed by atoms with E-state index in [1.165, 1.54) is 6.92 Å². The van der Waals surface area contributed by atoms with Gasteiger partial charge in [-0.2, -0.15) is 0 Å². The fraction of sp³-hybridized carbons (Fsp3) is 0.500. The molecule has 0 radical (unpaired) electrons. The number of piperidine rings is 1. The minimum absolute atomic E-state index is 0.0741. The Bertz CT molecular complexity index is 562. The Morgan fingerprint density at radius 2 is 2.06 bits per heavy atom. The Kier molecular flexibility index (Phi) is 2.74. The predicted molar refractivity (Wildman–Crippen MR) is 59.0 cm³/mol. The number of nitrogens with zero attached hydrogens (tertiary/aromatic N) is 1. The van der Waals surface area contributed by atoms with Gasteiger partial charge in [-0.15, -0.1) is 0 Å². The molecule has 0 spiro atoms. The first-order chi connectivity index (χ1) is 8.00. The molecule has 0 aliphatic carbocycles. The Hall–Kier alpha value is -2.05. The Morgan fingerprint density at radius 1 is 1.35 bits per heavy atom. The summed E-state index contributed by atoms with van der Waals surface area (Å²) < 4.78 is 1.12. The molecule has 0 aromatic carbocycles. The van der Waals surface area contributed by atoms with E-state index in [1.54, 1.807) is 0 Å². The fourth-order valence-electron chi connectivity index (χ4n) is 1.91. The normalized spacial score (nSPS) is 20.1. The van der Waals surface area contributed by atoms with Crippen molar-refractivity contribution in [1.82, 2.24) is 14.9 Å². The van der Waals surface area contributed by atoms with E-state index in [1.807, 2.05) is 0 Å². The lowest BCUT2D eigenvalue weighted by atomic mass is 10.1. The van der Waals surface area contributed by atoms with Crippen LogP contribution in [0.15, 0.2) is 9.59 Å². The van der Waals surface area contributed by atoms with E-state index in [0.29, 0.717) is 12.8 Å². The van der Waals surface area contributed by atoms with Gasteiger partial charge in [0.25, 0.3) is 5.56 Å². The minimum atomic E-state index is -0.653. The van der Waals surface area contributed by atoms with Crippen LogP contribution in [0.5, 0.6) is 5.88 Å². The number of aromatic amines is 1. The summed E-state index contributed by atoms with van der Waals surface area (Å²) in [5, 5.41) is 12.4. The average molecular weight is 239 g/mol. The number of hydrogen-bond acceptors (Lipinski definition) is 4. The maximum Gasteiger partial charge on any atom is 0.331 e. The quantitative estimate of drug-likeness (QED) is 0.584. The molecule has 1 aliphatic heterocycles. The zero-order valence-corrected chi connectivity index (χ0v) is 9.32. The van der Waals surface area contributed by atoms with Crippen LogP contribution in [0.3, 0.4) is 0 Å². The third kappa shape index (κ3) is 1.95. The first-order valence-electron chi connectivity index (χ1n) is 5.31.